The van der Waals surface area contributed by atoms with Crippen molar-refractivity contribution in [3.8, 4) is 0 Å². The molecule has 0 heterocycles. The van der Waals surface area contributed by atoms with Crippen LogP contribution in [0.4, 0.5) is 0 Å². The van der Waals surface area contributed by atoms with Crippen LogP contribution >= 0.6 is 0 Å². The molecule has 0 fully saturated rings. The summed E-state index contributed by atoms with van der Waals surface area (Å²) in [4.78, 5) is 11.1. The fourth-order valence-corrected chi connectivity index (χ4v) is 2.70. The molecule has 0 amide bonds. The summed E-state index contributed by atoms with van der Waals surface area (Å²) >= 11 is 0. The van der Waals surface area contributed by atoms with E-state index < -0.39 is 0 Å². The van der Waals surface area contributed by atoms with E-state index in [0.29, 0.717) is 5.78 Å². The minimum Gasteiger partial charge on any atom is -0.300 e. The van der Waals surface area contributed by atoms with Crippen molar-refractivity contribution in [3.63, 3.8) is 0 Å². The van der Waals surface area contributed by atoms with Crippen molar-refractivity contribution >= 4 is 5.78 Å². The molecule has 1 nitrogen and oxygen atoms in total. The Bertz CT molecular complexity index is 222. The molecule has 21 heavy (non-hydrogen) atoms. The molecule has 0 saturated heterocycles. The first kappa shape index (κ1) is 20.7. The molecular formula is C20H39O. The van der Waals surface area contributed by atoms with Crippen LogP contribution in [0.15, 0.2) is 0 Å². The Kier molecular flexibility index (Phi) is 15.8. The zero-order valence-electron chi connectivity index (χ0n) is 15.0. The van der Waals surface area contributed by atoms with Gasteiger partial charge in [-0.25, -0.2) is 0 Å². The Morgan fingerprint density at radius 1 is 0.762 bits per heavy atom. The molecule has 0 rings (SSSR count). The van der Waals surface area contributed by atoms with Crippen LogP contribution in [0, 0.1) is 12.3 Å². The number of hydrogen-bond acceptors (Lipinski definition) is 1. The first-order chi connectivity index (χ1) is 10.2. The van der Waals surface area contributed by atoms with Crippen LogP contribution in [-0.4, -0.2) is 5.78 Å². The molecule has 0 aromatic rings. The normalized spacial score (nSPS) is 12.5. The van der Waals surface area contributed by atoms with Gasteiger partial charge in [0.25, 0.3) is 0 Å². The summed E-state index contributed by atoms with van der Waals surface area (Å²) in [6.07, 6.45) is 21.5. The van der Waals surface area contributed by atoms with Crippen molar-refractivity contribution in [1.29, 1.82) is 0 Å². The Morgan fingerprint density at radius 3 is 1.52 bits per heavy atom. The van der Waals surface area contributed by atoms with Crippen LogP contribution in [0.25, 0.3) is 0 Å². The minimum absolute atomic E-state index is 0.155. The van der Waals surface area contributed by atoms with Crippen LogP contribution in [0.5, 0.6) is 0 Å². The number of ketones is 1. The highest BCUT2D eigenvalue weighted by molar-refractivity contribution is 5.79. The van der Waals surface area contributed by atoms with E-state index in [1.54, 1.807) is 6.92 Å². The molecule has 0 N–H and O–H groups in total. The molecule has 0 saturated carbocycles. The van der Waals surface area contributed by atoms with Crippen molar-refractivity contribution in [2.24, 2.45) is 5.92 Å². The van der Waals surface area contributed by atoms with Gasteiger partial charge in [-0.15, -0.1) is 0 Å². The predicted molar refractivity (Wildman–Crippen MR) is 94.5 cm³/mol. The lowest BCUT2D eigenvalue weighted by Gasteiger charge is -2.06. The van der Waals surface area contributed by atoms with Gasteiger partial charge in [0, 0.05) is 5.92 Å². The molecule has 1 atom stereocenters. The van der Waals surface area contributed by atoms with Gasteiger partial charge >= 0.3 is 0 Å². The third-order valence-corrected chi connectivity index (χ3v) is 4.47. The van der Waals surface area contributed by atoms with Gasteiger partial charge < -0.3 is 0 Å². The standard InChI is InChI=1S/C20H39O/c1-4-5-6-7-8-9-10-11-12-13-14-15-16-17-18-19(2)20(3)21/h18-19H,4-17H2,1-3H3. The number of carbonyl (C=O) groups excluding carboxylic acids is 1. The SMILES string of the molecule is CCCCCCCCCCCCCCC[CH]C(C)C(C)=O. The summed E-state index contributed by atoms with van der Waals surface area (Å²) in [7, 11) is 0. The second kappa shape index (κ2) is 16.0. The molecule has 0 aliphatic heterocycles. The number of Topliss-reactive ketones (excluding diaryl/α,β-unsaturated/α-hetero) is 1. The number of rotatable bonds is 16. The predicted octanol–water partition coefficient (Wildman–Crippen LogP) is 6.90. The summed E-state index contributed by atoms with van der Waals surface area (Å²) < 4.78 is 0. The van der Waals surface area contributed by atoms with Crippen molar-refractivity contribution in [3.05, 3.63) is 6.42 Å². The van der Waals surface area contributed by atoms with Crippen LogP contribution in [0.2, 0.25) is 0 Å². The summed E-state index contributed by atoms with van der Waals surface area (Å²) in [5.41, 5.74) is 0. The molecule has 0 aliphatic carbocycles. The first-order valence-electron chi connectivity index (χ1n) is 9.52. The first-order valence-corrected chi connectivity index (χ1v) is 9.52. The number of unbranched alkanes of at least 4 members (excludes halogenated alkanes) is 13. The topological polar surface area (TPSA) is 17.1 Å². The monoisotopic (exact) mass is 295 g/mol. The van der Waals surface area contributed by atoms with Crippen LogP contribution in [-0.2, 0) is 4.79 Å². The molecule has 0 spiro atoms. The van der Waals surface area contributed by atoms with Gasteiger partial charge in [-0.1, -0.05) is 97.3 Å². The third kappa shape index (κ3) is 15.9. The van der Waals surface area contributed by atoms with E-state index >= 15 is 0 Å². The molecule has 0 aromatic heterocycles. The fraction of sp³-hybridized carbons (Fsp3) is 0.900. The number of hydrogen-bond donors (Lipinski definition) is 0. The maximum Gasteiger partial charge on any atom is 0.132 e. The largest absolute Gasteiger partial charge is 0.300 e. The van der Waals surface area contributed by atoms with E-state index in [0.717, 1.165) is 6.42 Å². The Labute approximate surface area is 134 Å². The van der Waals surface area contributed by atoms with Gasteiger partial charge in [-0.05, 0) is 19.8 Å². The minimum atomic E-state index is 0.155. The Hall–Kier alpha value is -0.330. The van der Waals surface area contributed by atoms with E-state index in [-0.39, 0.29) is 5.92 Å². The fourth-order valence-electron chi connectivity index (χ4n) is 2.70. The van der Waals surface area contributed by atoms with Gasteiger partial charge in [0.2, 0.25) is 0 Å². The van der Waals surface area contributed by atoms with Gasteiger partial charge in [0.1, 0.15) is 5.78 Å². The summed E-state index contributed by atoms with van der Waals surface area (Å²) in [5.74, 6) is 0.451. The van der Waals surface area contributed by atoms with Crippen molar-refractivity contribution in [1.82, 2.24) is 0 Å². The van der Waals surface area contributed by atoms with Crippen LogP contribution < -0.4 is 0 Å². The molecule has 0 aromatic carbocycles. The lowest BCUT2D eigenvalue weighted by molar-refractivity contribution is -0.119. The van der Waals surface area contributed by atoms with Gasteiger partial charge in [0.05, 0.1) is 0 Å². The van der Waals surface area contributed by atoms with Crippen molar-refractivity contribution < 1.29 is 4.79 Å². The zero-order chi connectivity index (χ0) is 15.8. The summed E-state index contributed by atoms with van der Waals surface area (Å²) in [5, 5.41) is 0. The zero-order valence-corrected chi connectivity index (χ0v) is 15.0. The Balaban J connectivity index is 3.04. The van der Waals surface area contributed by atoms with E-state index in [4.69, 9.17) is 0 Å². The Morgan fingerprint density at radius 2 is 1.14 bits per heavy atom. The van der Waals surface area contributed by atoms with E-state index in [1.165, 1.54) is 83.5 Å². The quantitative estimate of drug-likeness (QED) is 0.283. The van der Waals surface area contributed by atoms with Gasteiger partial charge in [0.15, 0.2) is 0 Å². The van der Waals surface area contributed by atoms with Crippen molar-refractivity contribution in [2.75, 3.05) is 0 Å². The molecule has 1 unspecified atom stereocenters. The third-order valence-electron chi connectivity index (χ3n) is 4.47. The lowest BCUT2D eigenvalue weighted by atomic mass is 9.98. The highest BCUT2D eigenvalue weighted by Crippen LogP contribution is 2.14. The van der Waals surface area contributed by atoms with Crippen molar-refractivity contribution in [2.45, 2.75) is 111 Å². The summed E-state index contributed by atoms with van der Waals surface area (Å²) in [6, 6.07) is 0. The molecule has 0 aliphatic rings. The highest BCUT2D eigenvalue weighted by atomic mass is 16.1. The average molecular weight is 296 g/mol. The maximum atomic E-state index is 11.1. The van der Waals surface area contributed by atoms with E-state index in [1.807, 2.05) is 6.92 Å². The highest BCUT2D eigenvalue weighted by Gasteiger charge is 2.06. The second-order valence-electron chi connectivity index (χ2n) is 6.67. The number of carbonyl (C=O) groups is 1. The van der Waals surface area contributed by atoms with E-state index in [2.05, 4.69) is 13.3 Å². The smallest absolute Gasteiger partial charge is 0.132 e. The van der Waals surface area contributed by atoms with Gasteiger partial charge in [-0.3, -0.25) is 4.79 Å². The molecule has 0 bridgehead atoms. The summed E-state index contributed by atoms with van der Waals surface area (Å²) in [6.45, 7) is 5.97. The molecule has 125 valence electrons. The van der Waals surface area contributed by atoms with Gasteiger partial charge in [-0.2, -0.15) is 0 Å². The van der Waals surface area contributed by atoms with Crippen LogP contribution in [0.3, 0.4) is 0 Å². The molecule has 1 heteroatoms. The molecule has 1 radical (unpaired) electrons. The van der Waals surface area contributed by atoms with E-state index in [9.17, 15) is 4.79 Å². The average Bonchev–Trinajstić information content (AvgIpc) is 2.47. The maximum absolute atomic E-state index is 11.1. The lowest BCUT2D eigenvalue weighted by Crippen LogP contribution is -2.06. The van der Waals surface area contributed by atoms with Crippen LogP contribution in [0.1, 0.15) is 111 Å². The second-order valence-corrected chi connectivity index (χ2v) is 6.67. The molecular weight excluding hydrogens is 256 g/mol.